The van der Waals surface area contributed by atoms with E-state index in [0.717, 1.165) is 58.5 Å². The number of carbonyl (C=O) groups excluding carboxylic acids is 1. The fourth-order valence-electron chi connectivity index (χ4n) is 13.4. The molecule has 0 spiro atoms. The van der Waals surface area contributed by atoms with Gasteiger partial charge >= 0.3 is 0 Å². The first kappa shape index (κ1) is 72.9. The average Bonchev–Trinajstić information content (AvgIpc) is 1.64. The smallest absolute Gasteiger partial charge is 0.248 e. The van der Waals surface area contributed by atoms with Crippen molar-refractivity contribution in [3.63, 3.8) is 0 Å². The second-order valence-electron chi connectivity index (χ2n) is 28.0. The summed E-state index contributed by atoms with van der Waals surface area (Å²) in [5.41, 5.74) is 16.6. The van der Waals surface area contributed by atoms with Crippen molar-refractivity contribution in [1.29, 1.82) is 0 Å². The van der Waals surface area contributed by atoms with Crippen LogP contribution in [0.3, 0.4) is 0 Å². The van der Waals surface area contributed by atoms with E-state index in [0.29, 0.717) is 23.6 Å². The Kier molecular flexibility index (Phi) is 21.3. The number of aryl methyl sites for hydroxylation is 3. The first-order valence-corrected chi connectivity index (χ1v) is 41.5. The molecule has 107 heavy (non-hydrogen) atoms. The maximum absolute atomic E-state index is 11.1. The number of para-hydroxylation sites is 2. The van der Waals surface area contributed by atoms with Crippen LogP contribution in [0.5, 0.6) is 0 Å². The minimum atomic E-state index is 0.100. The predicted octanol–water partition coefficient (Wildman–Crippen LogP) is 28.6. The first-order valence-electron chi connectivity index (χ1n) is 35.6. The molecular weight excluding hydrogens is 1480 g/mol. The Morgan fingerprint density at radius 1 is 0.364 bits per heavy atom. The van der Waals surface area contributed by atoms with Crippen molar-refractivity contribution in [2.24, 2.45) is 0 Å². The standard InChI is InChI=1S/C44H35N3OS3.C25H17NOS3.C20H22N2O.CH2Cl2/c1-5-47-36-9-7-6-8-34(36)35-24-28(14-23-37(35)47)13-22-33-26-39-41(50-33)40-38(51-39)25-32(49-40)21-12-27-10-15-29(16-11-27)42-45-46-43(48-42)30-17-19-31(20-18-30)44(2,3)4;1-2-26-20-6-4-3-5-18(20)19-11-15(8-10-21(19)26)7-9-16-12-22-24(28-16)25-23(30-22)13-17(14-27)29-25;1-5-14-6-8-15(9-7-14)18-21-22-19(23-18)16-10-12-17(13-11-16)20(2,3)4;2-1-3/h6-26H,5H2,1-4H3;3-14H,2H2,1H3;6-13H,5H2,1-4H3;1H2/b21-12+,22-13+;9-7+;;. The van der Waals surface area contributed by atoms with Crippen LogP contribution in [0.15, 0.2) is 215 Å². The van der Waals surface area contributed by atoms with Gasteiger partial charge in [-0.05, 0) is 192 Å². The minimum absolute atomic E-state index is 0.100. The van der Waals surface area contributed by atoms with Crippen LogP contribution in [0, 0.1) is 0 Å². The minimum Gasteiger partial charge on any atom is -0.416 e. The van der Waals surface area contributed by atoms with Crippen molar-refractivity contribution in [3.05, 3.63) is 259 Å². The van der Waals surface area contributed by atoms with Gasteiger partial charge in [0.15, 0.2) is 6.29 Å². The maximum Gasteiger partial charge on any atom is 0.248 e. The first-order chi connectivity index (χ1) is 51.9. The van der Waals surface area contributed by atoms with Crippen molar-refractivity contribution >= 4 is 215 Å². The van der Waals surface area contributed by atoms with Gasteiger partial charge in [-0.25, -0.2) is 0 Å². The zero-order valence-electron chi connectivity index (χ0n) is 60.6. The van der Waals surface area contributed by atoms with E-state index in [1.165, 1.54) is 124 Å². The summed E-state index contributed by atoms with van der Waals surface area (Å²) in [6.07, 6.45) is 15.3. The number of nitrogens with zero attached hydrogens (tertiary/aromatic N) is 6. The highest BCUT2D eigenvalue weighted by atomic mass is 35.5. The van der Waals surface area contributed by atoms with E-state index < -0.39 is 0 Å². The third-order valence-corrected chi connectivity index (χ3v) is 26.4. The average molecular weight is 1550 g/mol. The van der Waals surface area contributed by atoms with Crippen LogP contribution in [-0.4, -0.2) is 41.2 Å². The van der Waals surface area contributed by atoms with Crippen molar-refractivity contribution in [1.82, 2.24) is 29.5 Å². The zero-order valence-corrected chi connectivity index (χ0v) is 67.0. The highest BCUT2D eigenvalue weighted by molar-refractivity contribution is 7.39. The number of hydrogen-bond donors (Lipinski definition) is 0. The molecule has 0 unspecified atom stereocenters. The van der Waals surface area contributed by atoms with E-state index in [9.17, 15) is 4.79 Å². The maximum atomic E-state index is 11.1. The molecule has 18 rings (SSSR count). The van der Waals surface area contributed by atoms with E-state index >= 15 is 0 Å². The Balaban J connectivity index is 0.000000138. The van der Waals surface area contributed by atoms with Gasteiger partial charge in [-0.2, -0.15) is 0 Å². The number of fused-ring (bicyclic) bond motifs is 12. The molecule has 0 N–H and O–H groups in total. The summed E-state index contributed by atoms with van der Waals surface area (Å²) in [5, 5.41) is 22.4. The van der Waals surface area contributed by atoms with Crippen molar-refractivity contribution in [3.8, 4) is 45.8 Å². The summed E-state index contributed by atoms with van der Waals surface area (Å²) in [6.45, 7) is 21.7. The SMILES string of the molecule is CCc1ccc(-c2nnc(-c3ccc(C(C)(C)C)cc3)o2)cc1.CCn1c2ccccc2c2cc(/C=C/c3cc4sc5cc(/C=C/c6ccc(-c7nnc(-c8ccc(C(C)(C)C)cc8)o7)cc6)sc5c4s3)ccc21.CCn1c2ccccc2c2cc(/C=C/c3cc4sc5cc(C=O)sc5c4s3)ccc21.ClCCl. The molecule has 8 aromatic carbocycles. The molecule has 0 saturated heterocycles. The lowest BCUT2D eigenvalue weighted by Gasteiger charge is -2.18. The summed E-state index contributed by atoms with van der Waals surface area (Å²) in [5.74, 6) is 2.17. The van der Waals surface area contributed by atoms with Crippen LogP contribution < -0.4 is 0 Å². The highest BCUT2D eigenvalue weighted by Crippen LogP contribution is 2.46. The van der Waals surface area contributed by atoms with Crippen molar-refractivity contribution in [2.75, 3.05) is 5.34 Å². The van der Waals surface area contributed by atoms with Gasteiger partial charge in [-0.15, -0.1) is 112 Å². The number of carbonyl (C=O) groups is 1. The third kappa shape index (κ3) is 15.5. The number of benzene rings is 8. The van der Waals surface area contributed by atoms with Gasteiger partial charge in [0.2, 0.25) is 23.6 Å². The van der Waals surface area contributed by atoms with Gasteiger partial charge in [-0.1, -0.05) is 164 Å². The molecular formula is C90H76Cl2N6O3S6. The second-order valence-corrected chi connectivity index (χ2v) is 35.3. The van der Waals surface area contributed by atoms with Crippen LogP contribution in [0.4, 0.5) is 0 Å². The predicted molar refractivity (Wildman–Crippen MR) is 466 cm³/mol. The summed E-state index contributed by atoms with van der Waals surface area (Å²) >= 11 is 20.3. The molecule has 0 amide bonds. The summed E-state index contributed by atoms with van der Waals surface area (Å²) in [6, 6.07) is 73.0. The van der Waals surface area contributed by atoms with Crippen LogP contribution in [0.2, 0.25) is 0 Å². The Hall–Kier alpha value is -9.65. The molecule has 9 nitrogen and oxygen atoms in total. The van der Waals surface area contributed by atoms with Crippen molar-refractivity contribution in [2.45, 2.75) is 92.7 Å². The number of aromatic nitrogens is 6. The number of alkyl halides is 2. The normalized spacial score (nSPS) is 12.1. The topological polar surface area (TPSA) is 105 Å². The lowest BCUT2D eigenvalue weighted by molar-refractivity contribution is 0.112. The number of halogens is 2. The monoisotopic (exact) mass is 1550 g/mol. The molecule has 18 aromatic rings. The van der Waals surface area contributed by atoms with Gasteiger partial charge in [0.05, 0.1) is 29.0 Å². The quantitative estimate of drug-likeness (QED) is 0.0789. The lowest BCUT2D eigenvalue weighted by atomic mass is 9.87. The second kappa shape index (κ2) is 31.3. The molecule has 0 aliphatic heterocycles. The Morgan fingerprint density at radius 2 is 0.682 bits per heavy atom. The van der Waals surface area contributed by atoms with Crippen LogP contribution in [0.25, 0.3) is 163 Å². The summed E-state index contributed by atoms with van der Waals surface area (Å²) in [7, 11) is 0. The number of thiophene rings is 6. The number of aldehydes is 1. The van der Waals surface area contributed by atoms with E-state index in [2.05, 4.69) is 292 Å². The molecule has 0 aliphatic carbocycles. The van der Waals surface area contributed by atoms with E-state index in [1.54, 1.807) is 34.0 Å². The molecule has 534 valence electrons. The molecule has 0 aliphatic rings. The van der Waals surface area contributed by atoms with Gasteiger partial charge < -0.3 is 18.0 Å². The molecule has 0 radical (unpaired) electrons. The lowest BCUT2D eigenvalue weighted by Crippen LogP contribution is -2.10. The van der Waals surface area contributed by atoms with E-state index in [4.69, 9.17) is 32.0 Å². The fourth-order valence-corrected chi connectivity index (χ4v) is 21.0. The van der Waals surface area contributed by atoms with Crippen LogP contribution >= 0.6 is 91.2 Å². The summed E-state index contributed by atoms with van der Waals surface area (Å²) < 4.78 is 27.2. The van der Waals surface area contributed by atoms with E-state index in [1.807, 2.05) is 76.5 Å². The fraction of sp³-hybridized carbons (Fsp3) is 0.167. The summed E-state index contributed by atoms with van der Waals surface area (Å²) in [4.78, 5) is 15.7. The Morgan fingerprint density at radius 3 is 1.04 bits per heavy atom. The van der Waals surface area contributed by atoms with Gasteiger partial charge in [0.25, 0.3) is 0 Å². The molecule has 0 atom stereocenters. The molecule has 17 heteroatoms. The molecule has 10 aromatic heterocycles. The van der Waals surface area contributed by atoms with E-state index in [-0.39, 0.29) is 16.2 Å². The third-order valence-electron chi connectivity index (χ3n) is 19.0. The molecule has 0 saturated carbocycles. The number of rotatable bonds is 14. The Labute approximate surface area is 655 Å². The molecule has 0 fully saturated rings. The highest BCUT2D eigenvalue weighted by Gasteiger charge is 2.20. The van der Waals surface area contributed by atoms with Crippen LogP contribution in [-0.2, 0) is 30.3 Å². The number of hydrogen-bond acceptors (Lipinski definition) is 13. The molecule has 0 bridgehead atoms. The van der Waals surface area contributed by atoms with Crippen LogP contribution in [0.1, 0.15) is 120 Å². The van der Waals surface area contributed by atoms with Crippen molar-refractivity contribution < 1.29 is 13.6 Å². The Bertz CT molecular complexity index is 6310. The van der Waals surface area contributed by atoms with Gasteiger partial charge in [0.1, 0.15) is 0 Å². The van der Waals surface area contributed by atoms with Gasteiger partial charge in [-0.3, -0.25) is 4.79 Å². The zero-order chi connectivity index (χ0) is 74.1. The largest absolute Gasteiger partial charge is 0.416 e. The molecule has 10 heterocycles. The van der Waals surface area contributed by atoms with Gasteiger partial charge in [0, 0.05) is 112 Å².